The number of fused-ring (bicyclic) bond motifs is 1. The third-order valence-corrected chi connectivity index (χ3v) is 6.35. The topological polar surface area (TPSA) is 106 Å². The minimum Gasteiger partial charge on any atom is -0.454 e. The zero-order valence-electron chi connectivity index (χ0n) is 20.9. The molecule has 0 spiro atoms. The molecule has 9 nitrogen and oxygen atoms in total. The average molecular weight is 493 g/mol. The summed E-state index contributed by atoms with van der Waals surface area (Å²) in [6, 6.07) is 14.1. The molecule has 2 aromatic carbocycles. The first-order chi connectivity index (χ1) is 17.4. The summed E-state index contributed by atoms with van der Waals surface area (Å²) in [4.78, 5) is 28.3. The van der Waals surface area contributed by atoms with Gasteiger partial charge in [0.2, 0.25) is 18.6 Å². The molecule has 0 saturated heterocycles. The lowest BCUT2D eigenvalue weighted by atomic mass is 10.0. The second-order valence-electron chi connectivity index (χ2n) is 8.74. The van der Waals surface area contributed by atoms with E-state index in [2.05, 4.69) is 10.4 Å². The van der Waals surface area contributed by atoms with Gasteiger partial charge in [-0.15, -0.1) is 0 Å². The van der Waals surface area contributed by atoms with Crippen molar-refractivity contribution in [2.75, 3.05) is 25.3 Å². The molecule has 2 amide bonds. The van der Waals surface area contributed by atoms with Crippen molar-refractivity contribution in [2.24, 2.45) is 0 Å². The Hall–Kier alpha value is -3.85. The average Bonchev–Trinajstić information content (AvgIpc) is 3.46. The number of hydrogen-bond acceptors (Lipinski definition) is 6. The van der Waals surface area contributed by atoms with Crippen molar-refractivity contribution >= 4 is 17.5 Å². The van der Waals surface area contributed by atoms with Crippen molar-refractivity contribution in [3.8, 4) is 11.5 Å². The van der Waals surface area contributed by atoms with Crippen LogP contribution in [0.4, 0.5) is 5.69 Å². The standard InChI is InChI=1S/C27H32N4O5/c1-4-23-21(12-13-32)18(2)29-31(23)16-26(33)28-22(14-19-8-6-5-7-9-19)27(34)30(3)20-10-11-24-25(15-20)36-17-35-24/h5-11,15,22,32H,4,12-14,16-17H2,1-3H3,(H,28,33)/t22-/m0/s1. The monoisotopic (exact) mass is 492 g/mol. The number of anilines is 1. The number of aliphatic hydroxyl groups excluding tert-OH is 1. The quantitative estimate of drug-likeness (QED) is 0.450. The molecule has 0 radical (unpaired) electrons. The molecule has 0 bridgehead atoms. The number of amides is 2. The third-order valence-electron chi connectivity index (χ3n) is 6.35. The number of rotatable bonds is 10. The van der Waals surface area contributed by atoms with Crippen LogP contribution in [-0.2, 0) is 35.4 Å². The van der Waals surface area contributed by atoms with Crippen molar-refractivity contribution < 1.29 is 24.2 Å². The van der Waals surface area contributed by atoms with E-state index >= 15 is 0 Å². The van der Waals surface area contributed by atoms with Crippen LogP contribution in [0.2, 0.25) is 0 Å². The number of ether oxygens (including phenoxy) is 2. The van der Waals surface area contributed by atoms with E-state index in [-0.39, 0.29) is 31.8 Å². The lowest BCUT2D eigenvalue weighted by molar-refractivity contribution is -0.127. The summed E-state index contributed by atoms with van der Waals surface area (Å²) in [7, 11) is 1.68. The minimum absolute atomic E-state index is 0.0122. The van der Waals surface area contributed by atoms with E-state index in [1.54, 1.807) is 29.9 Å². The lowest BCUT2D eigenvalue weighted by Gasteiger charge is -2.25. The van der Waals surface area contributed by atoms with E-state index < -0.39 is 6.04 Å². The number of aliphatic hydroxyl groups is 1. The molecule has 190 valence electrons. The van der Waals surface area contributed by atoms with Crippen LogP contribution in [0, 0.1) is 6.92 Å². The Labute approximate surface area is 210 Å². The normalized spacial score (nSPS) is 12.9. The second kappa shape index (κ2) is 11.3. The smallest absolute Gasteiger partial charge is 0.249 e. The highest BCUT2D eigenvalue weighted by molar-refractivity contribution is 5.99. The van der Waals surface area contributed by atoms with Gasteiger partial charge in [-0.05, 0) is 43.0 Å². The number of carbonyl (C=O) groups excluding carboxylic acids is 2. The van der Waals surface area contributed by atoms with Gasteiger partial charge in [0.1, 0.15) is 12.6 Å². The molecule has 1 aromatic heterocycles. The van der Waals surface area contributed by atoms with Gasteiger partial charge in [-0.3, -0.25) is 14.3 Å². The van der Waals surface area contributed by atoms with Gasteiger partial charge >= 0.3 is 0 Å². The van der Waals surface area contributed by atoms with Gasteiger partial charge in [0, 0.05) is 37.5 Å². The molecule has 3 aromatic rings. The molecule has 0 saturated carbocycles. The molecule has 2 heterocycles. The molecule has 4 rings (SSSR count). The van der Waals surface area contributed by atoms with Crippen molar-refractivity contribution in [3.63, 3.8) is 0 Å². The molecule has 0 unspecified atom stereocenters. The molecule has 0 aliphatic carbocycles. The number of likely N-dealkylation sites (N-methyl/N-ethyl adjacent to an activating group) is 1. The van der Waals surface area contributed by atoms with Gasteiger partial charge in [0.05, 0.1) is 5.69 Å². The fourth-order valence-electron chi connectivity index (χ4n) is 4.51. The van der Waals surface area contributed by atoms with Gasteiger partial charge in [-0.2, -0.15) is 5.10 Å². The highest BCUT2D eigenvalue weighted by atomic mass is 16.7. The third kappa shape index (κ3) is 5.52. The van der Waals surface area contributed by atoms with Crippen LogP contribution in [0.1, 0.15) is 29.4 Å². The van der Waals surface area contributed by atoms with E-state index in [4.69, 9.17) is 9.47 Å². The number of aryl methyl sites for hydroxylation is 1. The van der Waals surface area contributed by atoms with Crippen LogP contribution < -0.4 is 19.7 Å². The Balaban J connectivity index is 1.54. The van der Waals surface area contributed by atoms with E-state index in [1.807, 2.05) is 44.2 Å². The van der Waals surface area contributed by atoms with Crippen molar-refractivity contribution in [1.82, 2.24) is 15.1 Å². The van der Waals surface area contributed by atoms with Gasteiger partial charge in [-0.25, -0.2) is 0 Å². The van der Waals surface area contributed by atoms with Crippen LogP contribution in [0.15, 0.2) is 48.5 Å². The van der Waals surface area contributed by atoms with Gasteiger partial charge in [-0.1, -0.05) is 37.3 Å². The molecule has 9 heteroatoms. The molecule has 2 N–H and O–H groups in total. The predicted molar refractivity (Wildman–Crippen MR) is 135 cm³/mol. The van der Waals surface area contributed by atoms with Crippen LogP contribution in [-0.4, -0.2) is 53.2 Å². The summed E-state index contributed by atoms with van der Waals surface area (Å²) in [5, 5.41) is 16.8. The minimum atomic E-state index is -0.783. The second-order valence-corrected chi connectivity index (χ2v) is 8.74. The van der Waals surface area contributed by atoms with Gasteiger partial charge < -0.3 is 24.8 Å². The van der Waals surface area contributed by atoms with E-state index in [0.717, 1.165) is 22.5 Å². The first-order valence-corrected chi connectivity index (χ1v) is 12.1. The molecule has 1 aliphatic rings. The molecule has 0 fully saturated rings. The number of carbonyl (C=O) groups is 2. The van der Waals surface area contributed by atoms with E-state index in [1.165, 1.54) is 4.90 Å². The summed E-state index contributed by atoms with van der Waals surface area (Å²) in [6.07, 6.45) is 1.52. The number of aromatic nitrogens is 2. The molecule has 36 heavy (non-hydrogen) atoms. The molecule has 1 aliphatic heterocycles. The lowest BCUT2D eigenvalue weighted by Crippen LogP contribution is -2.49. The van der Waals surface area contributed by atoms with E-state index in [9.17, 15) is 14.7 Å². The van der Waals surface area contributed by atoms with Crippen molar-refractivity contribution in [1.29, 1.82) is 0 Å². The Bertz CT molecular complexity index is 1220. The van der Waals surface area contributed by atoms with Crippen LogP contribution in [0.25, 0.3) is 0 Å². The zero-order chi connectivity index (χ0) is 25.7. The number of benzene rings is 2. The highest BCUT2D eigenvalue weighted by Gasteiger charge is 2.27. The summed E-state index contributed by atoms with van der Waals surface area (Å²) >= 11 is 0. The van der Waals surface area contributed by atoms with Gasteiger partial charge in [0.25, 0.3) is 0 Å². The maximum Gasteiger partial charge on any atom is 0.249 e. The molecular formula is C27H32N4O5. The Morgan fingerprint density at radius 3 is 2.64 bits per heavy atom. The number of nitrogens with zero attached hydrogens (tertiary/aromatic N) is 3. The molecular weight excluding hydrogens is 460 g/mol. The summed E-state index contributed by atoms with van der Waals surface area (Å²) in [5.74, 6) is 0.654. The fraction of sp³-hybridized carbons (Fsp3) is 0.370. The Kier molecular flexibility index (Phi) is 7.90. The first-order valence-electron chi connectivity index (χ1n) is 12.1. The van der Waals surface area contributed by atoms with Crippen molar-refractivity contribution in [2.45, 2.75) is 45.7 Å². The largest absolute Gasteiger partial charge is 0.454 e. The summed E-state index contributed by atoms with van der Waals surface area (Å²) in [5.41, 5.74) is 4.26. The maximum absolute atomic E-state index is 13.6. The van der Waals surface area contributed by atoms with Crippen molar-refractivity contribution in [3.05, 3.63) is 71.0 Å². The SMILES string of the molecule is CCc1c(CCO)c(C)nn1CC(=O)N[C@@H](Cc1ccccc1)C(=O)N(C)c1ccc2c(c1)OCO2. The Morgan fingerprint density at radius 2 is 1.92 bits per heavy atom. The summed E-state index contributed by atoms with van der Waals surface area (Å²) < 4.78 is 12.5. The van der Waals surface area contributed by atoms with Crippen LogP contribution in [0.3, 0.4) is 0 Å². The number of hydrogen-bond donors (Lipinski definition) is 2. The predicted octanol–water partition coefficient (Wildman–Crippen LogP) is 2.41. The fourth-order valence-corrected chi connectivity index (χ4v) is 4.51. The van der Waals surface area contributed by atoms with Crippen LogP contribution >= 0.6 is 0 Å². The number of nitrogens with one attached hydrogen (secondary N) is 1. The zero-order valence-corrected chi connectivity index (χ0v) is 20.9. The van der Waals surface area contributed by atoms with E-state index in [0.29, 0.717) is 36.4 Å². The summed E-state index contributed by atoms with van der Waals surface area (Å²) in [6.45, 7) is 4.03. The Morgan fingerprint density at radius 1 is 1.17 bits per heavy atom. The highest BCUT2D eigenvalue weighted by Crippen LogP contribution is 2.35. The van der Waals surface area contributed by atoms with Crippen LogP contribution in [0.5, 0.6) is 11.5 Å². The maximum atomic E-state index is 13.6. The first kappa shape index (κ1) is 25.2. The molecule has 1 atom stereocenters. The van der Waals surface area contributed by atoms with Gasteiger partial charge in [0.15, 0.2) is 11.5 Å².